The van der Waals surface area contributed by atoms with Crippen molar-refractivity contribution in [1.82, 2.24) is 81.9 Å². The number of carboxylic acids is 1. The molecule has 9 rings (SSSR count). The largest absolute Gasteiger partial charge is 0.508 e. The summed E-state index contributed by atoms with van der Waals surface area (Å²) < 4.78 is 1.43. The normalized spacial score (nSPS) is 24.9. The number of carbonyl (C=O) groups excluding carboxylic acids is 18. The van der Waals surface area contributed by atoms with E-state index in [-0.39, 0.29) is 101 Å². The van der Waals surface area contributed by atoms with Crippen LogP contribution in [0.2, 0.25) is 0 Å². The van der Waals surface area contributed by atoms with Crippen molar-refractivity contribution in [2.24, 2.45) is 44.8 Å². The zero-order valence-electron chi connectivity index (χ0n) is 79.4. The summed E-state index contributed by atoms with van der Waals surface area (Å²) in [5, 5.41) is 56.9. The Kier molecular flexibility index (Phi) is 40.5. The summed E-state index contributed by atoms with van der Waals surface area (Å²) >= 11 is 0.776. The summed E-state index contributed by atoms with van der Waals surface area (Å²) in [6.45, 7) is 6.15. The van der Waals surface area contributed by atoms with Crippen LogP contribution in [-0.2, 0) is 117 Å². The van der Waals surface area contributed by atoms with Gasteiger partial charge in [-0.05, 0) is 112 Å². The van der Waals surface area contributed by atoms with Gasteiger partial charge < -0.3 is 120 Å². The maximum absolute atomic E-state index is 16.0. The Morgan fingerprint density at radius 2 is 1.20 bits per heavy atom. The number of phenolic OH excluding ortho intramolecular Hbond substituents is 1. The molecule has 44 nitrogen and oxygen atoms in total. The number of fused-ring (bicyclic) bond motifs is 4. The molecule has 2 aromatic heterocycles. The molecular weight excluding hydrogens is 1820 g/mol. The van der Waals surface area contributed by atoms with E-state index in [0.717, 1.165) is 36.3 Å². The number of benzene rings is 3. The predicted octanol–water partition coefficient (Wildman–Crippen LogP) is -2.01. The standard InChI is InChI=1S/C94H130N22O22S/c1-9-11-21-72-88(132)106-65(34-51(3)4)86(130)110-70(84(128)101-44-79(98)122)48-139-49-80(123)103-67(35-53-25-27-58(117)28-26-53)90(134)111(6)52(5)82(126)108-69(41-78(97)121)93(137)115-33-17-24-73(115)89(133)107-66(39-57-43-99-50-102-57)87(131)105-64(29-30-77(96)120)92(136)116-46-59(118)40-75(116)76(119)38-54(36-55-42-100-62-20-15-13-18-60(55)62)83(127)104-63(31-32-95)85(129)109-68(91(135)113(8)74(22-12-10-2)94(138)112(72)7)37-56-45-114(47-81(124)125)71-23-16-14-19-61(56)71/h13-16,18-20,23,25-28,42,45,50-52,54,59,63-70,72-75,100,117-118H,9-12,17,21-22,24,29-41,43-44,46-49,95H2,1-8H3,(H2,96,120)(H2,97,121)(H2,98,122)(H,101,128)(H,103,123)(H,104,127)(H,105,131)(H,106,132)(H,107,133)(H,108,126)(H,109,129)(H,110,130)(H,124,125)/t52-,54+,59+,63-,64-,65-,66-,67-,68-,69-,70-,72-,73?,74-,75-/m0/s1. The number of nitrogens with one attached hydrogen (secondary N) is 10. The number of aromatic hydroxyl groups is 1. The van der Waals surface area contributed by atoms with Gasteiger partial charge >= 0.3 is 5.97 Å². The molecule has 3 fully saturated rings. The number of carbonyl (C=O) groups is 19. The Morgan fingerprint density at radius 3 is 1.86 bits per heavy atom. The third-order valence-corrected chi connectivity index (χ3v) is 26.2. The monoisotopic (exact) mass is 1950 g/mol. The zero-order chi connectivity index (χ0) is 102. The molecule has 0 radical (unpaired) electrons. The minimum atomic E-state index is -1.81. The molecule has 4 aliphatic heterocycles. The highest BCUT2D eigenvalue weighted by molar-refractivity contribution is 8.00. The average molecular weight is 1950 g/mol. The first-order chi connectivity index (χ1) is 66.1. The average Bonchev–Trinajstić information content (AvgIpc) is 1.66. The Hall–Kier alpha value is -13.7. The van der Waals surface area contributed by atoms with Gasteiger partial charge in [-0.3, -0.25) is 96.1 Å². The van der Waals surface area contributed by atoms with Crippen LogP contribution in [0.3, 0.4) is 0 Å². The number of carboxylic acid groups (broad SMARTS) is 1. The van der Waals surface area contributed by atoms with E-state index in [2.05, 4.69) is 62.8 Å². The maximum Gasteiger partial charge on any atom is 0.323 e. The van der Waals surface area contributed by atoms with Crippen LogP contribution >= 0.6 is 11.8 Å². The van der Waals surface area contributed by atoms with Gasteiger partial charge in [0.2, 0.25) is 100 Å². The summed E-state index contributed by atoms with van der Waals surface area (Å²) in [6, 6.07) is -1.14. The Balaban J connectivity index is 1.12. The fraction of sp³-hybridized carbons (Fsp3) is 0.543. The fourth-order valence-electron chi connectivity index (χ4n) is 17.6. The molecule has 3 saturated heterocycles. The maximum atomic E-state index is 16.0. The van der Waals surface area contributed by atoms with Gasteiger partial charge in [-0.1, -0.05) is 102 Å². The Bertz CT molecular complexity index is 5390. The molecule has 45 heteroatoms. The van der Waals surface area contributed by atoms with Crippen molar-refractivity contribution in [1.29, 1.82) is 0 Å². The third kappa shape index (κ3) is 30.4. The summed E-state index contributed by atoms with van der Waals surface area (Å²) in [4.78, 5) is 294. The number of hydrogen-bond acceptors (Lipinski definition) is 25. The molecule has 21 N–H and O–H groups in total. The molecule has 0 bridgehead atoms. The number of amides is 17. The number of nitrogens with two attached hydrogens (primary N) is 4. The molecule has 1 unspecified atom stereocenters. The van der Waals surface area contributed by atoms with Crippen molar-refractivity contribution in [3.8, 4) is 5.75 Å². The van der Waals surface area contributed by atoms with Gasteiger partial charge in [0.1, 0.15) is 91.1 Å². The van der Waals surface area contributed by atoms with Crippen LogP contribution in [0.5, 0.6) is 5.75 Å². The lowest BCUT2D eigenvalue weighted by atomic mass is 9.90. The summed E-state index contributed by atoms with van der Waals surface area (Å²) in [5.74, 6) is -21.0. The van der Waals surface area contributed by atoms with Gasteiger partial charge in [0.15, 0.2) is 5.78 Å². The van der Waals surface area contributed by atoms with Crippen molar-refractivity contribution < 1.29 is 106 Å². The molecular formula is C94H130N22O22S. The van der Waals surface area contributed by atoms with E-state index in [9.17, 15) is 68.1 Å². The van der Waals surface area contributed by atoms with Crippen LogP contribution in [0.25, 0.3) is 21.8 Å². The molecule has 0 aliphatic carbocycles. The lowest BCUT2D eigenvalue weighted by molar-refractivity contribution is -0.149. The van der Waals surface area contributed by atoms with E-state index in [4.69, 9.17) is 22.9 Å². The van der Waals surface area contributed by atoms with Crippen molar-refractivity contribution in [2.45, 2.75) is 248 Å². The first kappa shape index (κ1) is 109. The van der Waals surface area contributed by atoms with Gasteiger partial charge in [0.25, 0.3) is 0 Å². The number of thioether (sulfide) groups is 1. The lowest BCUT2D eigenvalue weighted by Gasteiger charge is -2.36. The van der Waals surface area contributed by atoms with Crippen LogP contribution in [0.4, 0.5) is 0 Å². The first-order valence-corrected chi connectivity index (χ1v) is 47.8. The summed E-state index contributed by atoms with van der Waals surface area (Å²) in [7, 11) is 3.89. The molecule has 0 saturated carbocycles. The molecule has 754 valence electrons. The second-order valence-corrected chi connectivity index (χ2v) is 37.1. The number of nitrogens with zero attached hydrogens (tertiary/aromatic N) is 8. The highest BCUT2D eigenvalue weighted by Crippen LogP contribution is 2.31. The zero-order valence-corrected chi connectivity index (χ0v) is 80.2. The number of hydrogen-bond donors (Lipinski definition) is 17. The van der Waals surface area contributed by atoms with Crippen molar-refractivity contribution in [3.63, 3.8) is 0 Å². The second kappa shape index (κ2) is 51.6. The Morgan fingerprint density at radius 1 is 0.590 bits per heavy atom. The van der Waals surface area contributed by atoms with Crippen LogP contribution < -0.4 is 70.8 Å². The van der Waals surface area contributed by atoms with Gasteiger partial charge in [-0.2, -0.15) is 0 Å². The number of ketones is 1. The fourth-order valence-corrected chi connectivity index (χ4v) is 18.4. The summed E-state index contributed by atoms with van der Waals surface area (Å²) in [5.41, 5.74) is 25.7. The number of H-pyrrole nitrogens is 1. The third-order valence-electron chi connectivity index (χ3n) is 25.1. The molecule has 4 aliphatic rings. The van der Waals surface area contributed by atoms with E-state index in [1.54, 1.807) is 68.6 Å². The minimum absolute atomic E-state index is 0.00695. The number of rotatable bonds is 28. The number of likely N-dealkylation sites (N-methyl/N-ethyl adjacent to an activating group) is 3. The smallest absolute Gasteiger partial charge is 0.323 e. The topological polar surface area (TPSA) is 659 Å². The molecule has 17 amide bonds. The van der Waals surface area contributed by atoms with Gasteiger partial charge in [0, 0.05) is 124 Å². The number of aliphatic hydroxyl groups excluding tert-OH is 1. The number of Topliss-reactive ketones (excluding diaryl/α,β-unsaturated/α-hetero) is 1. The number of primary amides is 3. The SMILES string of the molecule is CCCC[C@H]1C(=O)N(C)[C@@H](CCCC)C(=O)N[C@@H](CC(C)C)C(=O)N[C@H](C(=O)NCC(N)=O)CSCC(=O)N[C@@H](Cc2ccc(O)cc2)C(=O)N(C)[C@@H](C)C(=O)N[C@@H](CC(N)=O)C(=O)N2CCCC2C(=O)N[C@@H](CC2=NC=NC2)C(=O)N[C@@H](CCC(N)=O)C(=O)N2C[C@H](O)C[C@H]2C(=O)C[C@@H](Cc2c[nH]c3ccccc23)C(=O)N[C@@H](CCN)C(=O)N[C@@H](Cc2cn(CC(=O)O)c3ccccc23)C(=O)N1C. The molecule has 3 aromatic carbocycles. The number of aliphatic carboxylic acids is 1. The summed E-state index contributed by atoms with van der Waals surface area (Å²) in [6.07, 6.45) is -0.149. The number of aromatic amines is 1. The van der Waals surface area contributed by atoms with Crippen LogP contribution in [0, 0.1) is 11.8 Å². The van der Waals surface area contributed by atoms with E-state index in [1.165, 1.54) is 69.4 Å². The highest BCUT2D eigenvalue weighted by Gasteiger charge is 2.47. The molecule has 0 spiro atoms. The first-order valence-electron chi connectivity index (χ1n) is 46.7. The molecule has 5 aromatic rings. The van der Waals surface area contributed by atoms with Crippen molar-refractivity contribution in [2.75, 3.05) is 65.4 Å². The minimum Gasteiger partial charge on any atom is -0.508 e. The van der Waals surface area contributed by atoms with Crippen molar-refractivity contribution >= 4 is 158 Å². The molecule has 6 heterocycles. The lowest BCUT2D eigenvalue weighted by Crippen LogP contribution is -2.60. The number of aromatic nitrogens is 2. The highest BCUT2D eigenvalue weighted by atomic mass is 32.2. The second-order valence-electron chi connectivity index (χ2n) is 36.1. The number of para-hydroxylation sites is 2. The van der Waals surface area contributed by atoms with E-state index >= 15 is 38.4 Å². The quantitative estimate of drug-likeness (QED) is 0.0257. The van der Waals surface area contributed by atoms with Gasteiger partial charge in [0.05, 0.1) is 37.4 Å². The number of phenols is 1. The van der Waals surface area contributed by atoms with Gasteiger partial charge in [-0.25, -0.2) is 4.99 Å². The van der Waals surface area contributed by atoms with E-state index in [1.807, 2.05) is 13.8 Å². The molecule has 15 atom stereocenters. The number of aliphatic hydroxyl groups is 1. The van der Waals surface area contributed by atoms with E-state index < -0.39 is 266 Å². The van der Waals surface area contributed by atoms with E-state index in [0.29, 0.717) is 64.2 Å². The number of aliphatic imine (C=N–C) groups is 2. The molecule has 139 heavy (non-hydrogen) atoms. The van der Waals surface area contributed by atoms with Crippen LogP contribution in [0.15, 0.2) is 95.2 Å². The van der Waals surface area contributed by atoms with Gasteiger partial charge in [-0.15, -0.1) is 11.8 Å². The predicted molar refractivity (Wildman–Crippen MR) is 511 cm³/mol. The Labute approximate surface area is 807 Å². The van der Waals surface area contributed by atoms with Crippen molar-refractivity contribution in [3.05, 3.63) is 102 Å². The van der Waals surface area contributed by atoms with Crippen LogP contribution in [0.1, 0.15) is 154 Å². The van der Waals surface area contributed by atoms with Crippen LogP contribution in [-0.4, -0.2) is 324 Å². The number of unbranched alkanes of at least 4 members (excludes halogenated alkanes) is 2.